The molecule has 14 heavy (non-hydrogen) atoms. The van der Waals surface area contributed by atoms with Crippen LogP contribution < -0.4 is 4.74 Å². The number of aliphatic hydroxyl groups excluding tert-OH is 1. The number of hydrogen-bond donors (Lipinski definition) is 1. The molecule has 5 heteroatoms. The van der Waals surface area contributed by atoms with Crippen molar-refractivity contribution < 1.29 is 23.0 Å². The second-order valence-electron chi connectivity index (χ2n) is 2.68. The van der Waals surface area contributed by atoms with E-state index in [1.807, 2.05) is 0 Å². The van der Waals surface area contributed by atoms with Gasteiger partial charge in [0.2, 0.25) is 0 Å². The van der Waals surface area contributed by atoms with Crippen molar-refractivity contribution >= 4 is 0 Å². The molecular weight excluding hydrogens is 197 g/mol. The summed E-state index contributed by atoms with van der Waals surface area (Å²) in [7, 11) is 1.16. The molecule has 0 aliphatic carbocycles. The lowest BCUT2D eigenvalue weighted by Gasteiger charge is -2.12. The third-order valence-electron chi connectivity index (χ3n) is 1.75. The van der Waals surface area contributed by atoms with Gasteiger partial charge in [-0.25, -0.2) is 13.2 Å². The molecule has 2 nitrogen and oxygen atoms in total. The molecule has 0 radical (unpaired) electrons. The minimum atomic E-state index is -1.57. The van der Waals surface area contributed by atoms with E-state index in [1.54, 1.807) is 0 Å². The fraction of sp³-hybridized carbons (Fsp3) is 0.333. The lowest BCUT2D eigenvalue weighted by atomic mass is 10.1. The molecule has 1 N–H and O–H groups in total. The van der Waals surface area contributed by atoms with E-state index >= 15 is 0 Å². The van der Waals surface area contributed by atoms with E-state index in [0.717, 1.165) is 13.2 Å². The number of rotatable bonds is 3. The van der Waals surface area contributed by atoms with Crippen molar-refractivity contribution in [2.75, 3.05) is 13.8 Å². The summed E-state index contributed by atoms with van der Waals surface area (Å²) < 4.78 is 42.4. The average molecular weight is 206 g/mol. The Bertz CT molecular complexity index is 328. The maximum absolute atomic E-state index is 13.0. The highest BCUT2D eigenvalue weighted by molar-refractivity contribution is 5.37. The van der Waals surface area contributed by atoms with Gasteiger partial charge in [-0.05, 0) is 6.07 Å². The summed E-state index contributed by atoms with van der Waals surface area (Å²) in [5.74, 6) is -2.18. The van der Waals surface area contributed by atoms with Crippen molar-refractivity contribution in [1.82, 2.24) is 0 Å². The van der Waals surface area contributed by atoms with Crippen LogP contribution in [0.3, 0.4) is 0 Å². The number of ether oxygens (including phenoxy) is 1. The highest BCUT2D eigenvalue weighted by atomic mass is 19.1. The molecule has 0 saturated carbocycles. The zero-order chi connectivity index (χ0) is 10.7. The Hall–Kier alpha value is -1.23. The van der Waals surface area contributed by atoms with Crippen molar-refractivity contribution in [3.8, 4) is 5.75 Å². The van der Waals surface area contributed by atoms with Crippen LogP contribution in [0.25, 0.3) is 0 Å². The number of alkyl halides is 1. The molecule has 0 aromatic heterocycles. The minimum absolute atomic E-state index is 0.229. The summed E-state index contributed by atoms with van der Waals surface area (Å²) >= 11 is 0. The standard InChI is InChI=1S/C9H9F3O2/c1-14-9-6(8(13)4-10)2-5(11)3-7(9)12/h2-3,8,13H,4H2,1H3. The topological polar surface area (TPSA) is 29.5 Å². The molecule has 0 heterocycles. The zero-order valence-corrected chi connectivity index (χ0v) is 7.43. The molecule has 1 unspecified atom stereocenters. The van der Waals surface area contributed by atoms with Crippen molar-refractivity contribution in [3.05, 3.63) is 29.3 Å². The first-order valence-corrected chi connectivity index (χ1v) is 3.87. The fourth-order valence-corrected chi connectivity index (χ4v) is 1.13. The molecular formula is C9H9F3O2. The highest BCUT2D eigenvalue weighted by Gasteiger charge is 2.18. The number of methoxy groups -OCH3 is 1. The maximum Gasteiger partial charge on any atom is 0.168 e. The third kappa shape index (κ3) is 1.98. The molecule has 78 valence electrons. The van der Waals surface area contributed by atoms with Crippen LogP contribution in [0.5, 0.6) is 5.75 Å². The van der Waals surface area contributed by atoms with Gasteiger partial charge >= 0.3 is 0 Å². The van der Waals surface area contributed by atoms with Gasteiger partial charge in [0.25, 0.3) is 0 Å². The zero-order valence-electron chi connectivity index (χ0n) is 7.43. The Morgan fingerprint density at radius 2 is 2.07 bits per heavy atom. The summed E-state index contributed by atoms with van der Waals surface area (Å²) in [5, 5.41) is 9.10. The Balaban J connectivity index is 3.24. The van der Waals surface area contributed by atoms with Crippen molar-refractivity contribution in [3.63, 3.8) is 0 Å². The van der Waals surface area contributed by atoms with Gasteiger partial charge < -0.3 is 9.84 Å². The second kappa shape index (κ2) is 4.32. The van der Waals surface area contributed by atoms with Gasteiger partial charge in [-0.2, -0.15) is 0 Å². The third-order valence-corrected chi connectivity index (χ3v) is 1.75. The van der Waals surface area contributed by atoms with Gasteiger partial charge in [-0.15, -0.1) is 0 Å². The first-order chi connectivity index (χ1) is 6.60. The summed E-state index contributed by atoms with van der Waals surface area (Å²) in [4.78, 5) is 0. The average Bonchev–Trinajstić information content (AvgIpc) is 2.15. The van der Waals surface area contributed by atoms with Crippen molar-refractivity contribution in [2.45, 2.75) is 6.10 Å². The van der Waals surface area contributed by atoms with Gasteiger partial charge in [0.1, 0.15) is 18.6 Å². The van der Waals surface area contributed by atoms with Crippen molar-refractivity contribution in [2.24, 2.45) is 0 Å². The van der Waals surface area contributed by atoms with Crippen LogP contribution in [0.2, 0.25) is 0 Å². The predicted molar refractivity (Wildman–Crippen MR) is 43.8 cm³/mol. The molecule has 1 aromatic rings. The van der Waals surface area contributed by atoms with Crippen LogP contribution in [0.1, 0.15) is 11.7 Å². The van der Waals surface area contributed by atoms with E-state index in [-0.39, 0.29) is 11.3 Å². The summed E-state index contributed by atoms with van der Waals surface area (Å²) in [5.41, 5.74) is -0.229. The highest BCUT2D eigenvalue weighted by Crippen LogP contribution is 2.29. The number of halogens is 3. The van der Waals surface area contributed by atoms with E-state index in [2.05, 4.69) is 4.74 Å². The Kier molecular flexibility index (Phi) is 3.35. The Morgan fingerprint density at radius 1 is 1.43 bits per heavy atom. The smallest absolute Gasteiger partial charge is 0.168 e. The molecule has 1 aromatic carbocycles. The molecule has 1 atom stereocenters. The molecule has 0 fully saturated rings. The molecule has 0 aliphatic rings. The summed E-state index contributed by atoms with van der Waals surface area (Å²) in [6, 6.07) is 1.44. The molecule has 0 spiro atoms. The quantitative estimate of drug-likeness (QED) is 0.819. The monoisotopic (exact) mass is 206 g/mol. The molecule has 0 bridgehead atoms. The van der Waals surface area contributed by atoms with Crippen molar-refractivity contribution in [1.29, 1.82) is 0 Å². The van der Waals surface area contributed by atoms with E-state index < -0.39 is 24.4 Å². The van der Waals surface area contributed by atoms with Gasteiger partial charge in [0.05, 0.1) is 7.11 Å². The molecule has 0 amide bonds. The molecule has 0 saturated heterocycles. The maximum atomic E-state index is 13.0. The first-order valence-electron chi connectivity index (χ1n) is 3.87. The van der Waals surface area contributed by atoms with Crippen LogP contribution >= 0.6 is 0 Å². The van der Waals surface area contributed by atoms with E-state index in [4.69, 9.17) is 5.11 Å². The number of aliphatic hydroxyl groups is 1. The number of hydrogen-bond acceptors (Lipinski definition) is 2. The van der Waals surface area contributed by atoms with E-state index in [9.17, 15) is 13.2 Å². The molecule has 0 aliphatic heterocycles. The minimum Gasteiger partial charge on any atom is -0.493 e. The van der Waals surface area contributed by atoms with Crippen LogP contribution in [0.4, 0.5) is 13.2 Å². The van der Waals surface area contributed by atoms with Crippen LogP contribution in [-0.4, -0.2) is 18.9 Å². The van der Waals surface area contributed by atoms with Gasteiger partial charge in [0.15, 0.2) is 11.6 Å². The predicted octanol–water partition coefficient (Wildman–Crippen LogP) is 1.98. The van der Waals surface area contributed by atoms with Gasteiger partial charge in [-0.1, -0.05) is 0 Å². The molecule has 1 rings (SSSR count). The van der Waals surface area contributed by atoms with Gasteiger partial charge in [-0.3, -0.25) is 0 Å². The Morgan fingerprint density at radius 3 is 2.57 bits per heavy atom. The normalized spacial score (nSPS) is 12.6. The van der Waals surface area contributed by atoms with Crippen LogP contribution in [0, 0.1) is 11.6 Å². The first kappa shape index (κ1) is 10.8. The van der Waals surface area contributed by atoms with Gasteiger partial charge in [0, 0.05) is 11.6 Å². The second-order valence-corrected chi connectivity index (χ2v) is 2.68. The van der Waals surface area contributed by atoms with E-state index in [1.165, 1.54) is 0 Å². The fourth-order valence-electron chi connectivity index (χ4n) is 1.13. The van der Waals surface area contributed by atoms with E-state index in [0.29, 0.717) is 6.07 Å². The lowest BCUT2D eigenvalue weighted by Crippen LogP contribution is -2.04. The Labute approximate surface area is 78.9 Å². The summed E-state index contributed by atoms with van der Waals surface area (Å²) in [6.07, 6.45) is -1.57. The lowest BCUT2D eigenvalue weighted by molar-refractivity contribution is 0.137. The number of benzene rings is 1. The van der Waals surface area contributed by atoms with Crippen LogP contribution in [0.15, 0.2) is 12.1 Å². The largest absolute Gasteiger partial charge is 0.493 e. The SMILES string of the molecule is COc1c(F)cc(F)cc1C(O)CF. The summed E-state index contributed by atoms with van der Waals surface area (Å²) in [6.45, 7) is -1.13. The van der Waals surface area contributed by atoms with Crippen LogP contribution in [-0.2, 0) is 0 Å².